The summed E-state index contributed by atoms with van der Waals surface area (Å²) in [5.74, 6) is -3.10. The standard InChI is InChI=1S/C14H17F2NO2.ClH/c1-13(2,3)10-6-4-9(5-7-10)11-14(15,16)8-19-12(18)17-11;/h4-7,11H,8H2,1-3H3,(H,17,18);1H/t11-;/m1./s1. The van der Waals surface area contributed by atoms with Crippen LogP contribution in [-0.4, -0.2) is 18.6 Å². The lowest BCUT2D eigenvalue weighted by Crippen LogP contribution is -2.49. The van der Waals surface area contributed by atoms with Crippen molar-refractivity contribution < 1.29 is 18.3 Å². The third-order valence-corrected chi connectivity index (χ3v) is 3.19. The minimum absolute atomic E-state index is 0. The Kier molecular flexibility index (Phi) is 4.64. The number of alkyl halides is 2. The van der Waals surface area contributed by atoms with Crippen molar-refractivity contribution in [2.24, 2.45) is 0 Å². The number of alkyl carbamates (subject to hydrolysis) is 1. The first-order valence-electron chi connectivity index (χ1n) is 6.12. The van der Waals surface area contributed by atoms with E-state index in [-0.39, 0.29) is 17.8 Å². The molecule has 6 heteroatoms. The molecular formula is C14H18ClF2NO2. The number of hydrogen-bond acceptors (Lipinski definition) is 2. The molecule has 1 atom stereocenters. The molecule has 0 saturated carbocycles. The van der Waals surface area contributed by atoms with Gasteiger partial charge in [-0.1, -0.05) is 45.0 Å². The first kappa shape index (κ1) is 16.7. The largest absolute Gasteiger partial charge is 0.443 e. The summed E-state index contributed by atoms with van der Waals surface area (Å²) in [7, 11) is 0. The topological polar surface area (TPSA) is 38.3 Å². The fourth-order valence-corrected chi connectivity index (χ4v) is 2.01. The molecule has 0 aliphatic carbocycles. The van der Waals surface area contributed by atoms with Crippen LogP contribution < -0.4 is 5.32 Å². The van der Waals surface area contributed by atoms with Crippen molar-refractivity contribution in [3.05, 3.63) is 35.4 Å². The summed E-state index contributed by atoms with van der Waals surface area (Å²) < 4.78 is 31.8. The van der Waals surface area contributed by atoms with Gasteiger partial charge in [0.2, 0.25) is 0 Å². The van der Waals surface area contributed by atoms with Crippen LogP contribution in [0.3, 0.4) is 0 Å². The van der Waals surface area contributed by atoms with Gasteiger partial charge < -0.3 is 10.1 Å². The van der Waals surface area contributed by atoms with Crippen molar-refractivity contribution >= 4 is 18.5 Å². The molecule has 1 aliphatic heterocycles. The van der Waals surface area contributed by atoms with E-state index in [4.69, 9.17) is 0 Å². The Bertz CT molecular complexity index is 483. The van der Waals surface area contributed by atoms with Gasteiger partial charge in [-0.25, -0.2) is 13.6 Å². The van der Waals surface area contributed by atoms with Gasteiger partial charge >= 0.3 is 12.0 Å². The Morgan fingerprint density at radius 2 is 1.80 bits per heavy atom. The smallest absolute Gasteiger partial charge is 0.408 e. The minimum Gasteiger partial charge on any atom is -0.443 e. The summed E-state index contributed by atoms with van der Waals surface area (Å²) in [5.41, 5.74) is 1.40. The van der Waals surface area contributed by atoms with E-state index in [2.05, 4.69) is 10.1 Å². The van der Waals surface area contributed by atoms with Gasteiger partial charge in [0.1, 0.15) is 6.04 Å². The molecule has 112 valence electrons. The fourth-order valence-electron chi connectivity index (χ4n) is 2.01. The Hall–Kier alpha value is -1.36. The number of ether oxygens (including phenoxy) is 1. The quantitative estimate of drug-likeness (QED) is 0.856. The molecule has 1 amide bonds. The number of nitrogens with one attached hydrogen (secondary N) is 1. The van der Waals surface area contributed by atoms with E-state index < -0.39 is 24.7 Å². The zero-order valence-corrected chi connectivity index (χ0v) is 12.4. The van der Waals surface area contributed by atoms with Gasteiger partial charge in [-0.15, -0.1) is 12.4 Å². The molecule has 1 aromatic rings. The normalized spacial score (nSPS) is 21.4. The Morgan fingerprint density at radius 3 is 2.30 bits per heavy atom. The molecule has 0 unspecified atom stereocenters. The van der Waals surface area contributed by atoms with Crippen LogP contribution in [0.4, 0.5) is 13.6 Å². The third kappa shape index (κ3) is 3.39. The zero-order chi connectivity index (χ0) is 14.3. The van der Waals surface area contributed by atoms with Gasteiger partial charge in [0.05, 0.1) is 0 Å². The average Bonchev–Trinajstić information content (AvgIpc) is 2.31. The van der Waals surface area contributed by atoms with Crippen LogP contribution in [0.1, 0.15) is 37.9 Å². The lowest BCUT2D eigenvalue weighted by molar-refractivity contribution is -0.104. The number of halogens is 3. The van der Waals surface area contributed by atoms with E-state index in [1.807, 2.05) is 32.9 Å². The van der Waals surface area contributed by atoms with Crippen LogP contribution in [0.15, 0.2) is 24.3 Å². The maximum absolute atomic E-state index is 13.7. The first-order chi connectivity index (χ1) is 8.70. The summed E-state index contributed by atoms with van der Waals surface area (Å²) >= 11 is 0. The minimum atomic E-state index is -3.10. The molecule has 1 aliphatic rings. The number of cyclic esters (lactones) is 1. The molecule has 0 spiro atoms. The Morgan fingerprint density at radius 1 is 1.25 bits per heavy atom. The van der Waals surface area contributed by atoms with E-state index in [0.717, 1.165) is 5.56 Å². The van der Waals surface area contributed by atoms with E-state index in [9.17, 15) is 13.6 Å². The van der Waals surface area contributed by atoms with Crippen molar-refractivity contribution in [2.75, 3.05) is 6.61 Å². The van der Waals surface area contributed by atoms with E-state index in [1.165, 1.54) is 0 Å². The lowest BCUT2D eigenvalue weighted by Gasteiger charge is -2.32. The van der Waals surface area contributed by atoms with Crippen molar-refractivity contribution in [1.29, 1.82) is 0 Å². The highest BCUT2D eigenvalue weighted by atomic mass is 35.5. The number of carbonyl (C=O) groups excluding carboxylic acids is 1. The van der Waals surface area contributed by atoms with Crippen molar-refractivity contribution in [3.63, 3.8) is 0 Å². The molecular weight excluding hydrogens is 288 g/mol. The average molecular weight is 306 g/mol. The third-order valence-electron chi connectivity index (χ3n) is 3.19. The highest BCUT2D eigenvalue weighted by Crippen LogP contribution is 2.35. The van der Waals surface area contributed by atoms with Crippen LogP contribution in [0.25, 0.3) is 0 Å². The first-order valence-corrected chi connectivity index (χ1v) is 6.12. The van der Waals surface area contributed by atoms with E-state index in [1.54, 1.807) is 12.1 Å². The molecule has 1 heterocycles. The monoisotopic (exact) mass is 305 g/mol. The molecule has 0 bridgehead atoms. The van der Waals surface area contributed by atoms with Crippen LogP contribution >= 0.6 is 12.4 Å². The number of amides is 1. The van der Waals surface area contributed by atoms with Crippen molar-refractivity contribution in [2.45, 2.75) is 38.2 Å². The summed E-state index contributed by atoms with van der Waals surface area (Å²) in [6.45, 7) is 5.26. The maximum atomic E-state index is 13.7. The molecule has 3 nitrogen and oxygen atoms in total. The van der Waals surface area contributed by atoms with Gasteiger partial charge in [0.25, 0.3) is 0 Å². The second kappa shape index (κ2) is 5.56. The molecule has 0 radical (unpaired) electrons. The maximum Gasteiger partial charge on any atom is 0.408 e. The van der Waals surface area contributed by atoms with E-state index in [0.29, 0.717) is 5.56 Å². The summed E-state index contributed by atoms with van der Waals surface area (Å²) in [6.07, 6.45) is -0.809. The molecule has 20 heavy (non-hydrogen) atoms. The fraction of sp³-hybridized carbons (Fsp3) is 0.500. The lowest BCUT2D eigenvalue weighted by atomic mass is 9.86. The van der Waals surface area contributed by atoms with Crippen LogP contribution in [-0.2, 0) is 10.2 Å². The SMILES string of the molecule is CC(C)(C)c1ccc([C@H]2NC(=O)OCC2(F)F)cc1.Cl. The number of benzene rings is 1. The Labute approximate surface area is 123 Å². The van der Waals surface area contributed by atoms with Gasteiger partial charge in [0.15, 0.2) is 6.61 Å². The molecule has 2 rings (SSSR count). The van der Waals surface area contributed by atoms with Crippen LogP contribution in [0, 0.1) is 0 Å². The van der Waals surface area contributed by atoms with Gasteiger partial charge in [0, 0.05) is 0 Å². The number of hydrogen-bond donors (Lipinski definition) is 1. The number of carbonyl (C=O) groups is 1. The predicted octanol–water partition coefficient (Wildman–Crippen LogP) is 3.82. The molecule has 0 aromatic heterocycles. The molecule has 1 saturated heterocycles. The molecule has 1 aromatic carbocycles. The zero-order valence-electron chi connectivity index (χ0n) is 11.6. The van der Waals surface area contributed by atoms with Gasteiger partial charge in [-0.05, 0) is 16.5 Å². The van der Waals surface area contributed by atoms with Crippen molar-refractivity contribution in [1.82, 2.24) is 5.32 Å². The number of rotatable bonds is 1. The molecule has 1 N–H and O–H groups in total. The summed E-state index contributed by atoms with van der Waals surface area (Å²) in [6, 6.07) is 5.55. The van der Waals surface area contributed by atoms with Crippen LogP contribution in [0.2, 0.25) is 0 Å². The van der Waals surface area contributed by atoms with Crippen molar-refractivity contribution in [3.8, 4) is 0 Å². The predicted molar refractivity (Wildman–Crippen MR) is 74.6 cm³/mol. The second-order valence-electron chi connectivity index (χ2n) is 5.79. The summed E-state index contributed by atoms with van der Waals surface area (Å²) in [5, 5.41) is 2.17. The molecule has 1 fully saturated rings. The van der Waals surface area contributed by atoms with E-state index >= 15 is 0 Å². The second-order valence-corrected chi connectivity index (χ2v) is 5.79. The Balaban J connectivity index is 0.00000200. The van der Waals surface area contributed by atoms with Gasteiger partial charge in [-0.3, -0.25) is 0 Å². The van der Waals surface area contributed by atoms with Gasteiger partial charge in [-0.2, -0.15) is 0 Å². The summed E-state index contributed by atoms with van der Waals surface area (Å²) in [4.78, 5) is 11.1. The highest BCUT2D eigenvalue weighted by molar-refractivity contribution is 5.85. The highest BCUT2D eigenvalue weighted by Gasteiger charge is 2.46. The van der Waals surface area contributed by atoms with Crippen LogP contribution in [0.5, 0.6) is 0 Å².